The first-order chi connectivity index (χ1) is 16.2. The molecule has 33 heavy (non-hydrogen) atoms. The van der Waals surface area contributed by atoms with Gasteiger partial charge in [-0.05, 0) is 24.3 Å². The van der Waals surface area contributed by atoms with Crippen molar-refractivity contribution in [3.63, 3.8) is 0 Å². The van der Waals surface area contributed by atoms with Crippen LogP contribution in [-0.4, -0.2) is 44.1 Å². The highest BCUT2D eigenvalue weighted by atomic mass is 16.5. The molecule has 0 fully saturated rings. The van der Waals surface area contributed by atoms with Gasteiger partial charge in [0.2, 0.25) is 0 Å². The molecule has 0 N–H and O–H groups in total. The second-order valence-corrected chi connectivity index (χ2v) is 7.57. The number of para-hydroxylation sites is 4. The first-order valence-corrected chi connectivity index (χ1v) is 10.5. The van der Waals surface area contributed by atoms with E-state index in [0.717, 1.165) is 27.5 Å². The summed E-state index contributed by atoms with van der Waals surface area (Å²) in [6.07, 6.45) is 0. The molecule has 0 spiro atoms. The lowest BCUT2D eigenvalue weighted by atomic mass is 10.1. The number of nitrogens with zero attached hydrogens (tertiary/aromatic N) is 2. The molecule has 1 aliphatic rings. The number of hydrogen-bond acceptors (Lipinski definition) is 6. The number of carbonyl (C=O) groups is 2. The van der Waals surface area contributed by atoms with Crippen molar-refractivity contribution >= 4 is 39.4 Å². The predicted octanol–water partition coefficient (Wildman–Crippen LogP) is 4.18. The third kappa shape index (κ3) is 3.34. The van der Waals surface area contributed by atoms with Gasteiger partial charge in [0, 0.05) is 10.8 Å². The van der Waals surface area contributed by atoms with E-state index in [2.05, 4.69) is 28.8 Å². The largest absolute Gasteiger partial charge is 0.466 e. The van der Waals surface area contributed by atoms with Crippen molar-refractivity contribution in [1.82, 2.24) is 4.57 Å². The second kappa shape index (κ2) is 8.44. The van der Waals surface area contributed by atoms with Crippen LogP contribution < -0.4 is 4.90 Å². The van der Waals surface area contributed by atoms with Crippen LogP contribution in [0.2, 0.25) is 0 Å². The Morgan fingerprint density at radius 1 is 0.758 bits per heavy atom. The lowest BCUT2D eigenvalue weighted by molar-refractivity contribution is -0.140. The number of aromatic nitrogens is 1. The Labute approximate surface area is 190 Å². The number of methoxy groups -OCH3 is 2. The number of benzene rings is 3. The molecule has 7 heteroatoms. The summed E-state index contributed by atoms with van der Waals surface area (Å²) in [5.41, 5.74) is 3.83. The maximum atomic E-state index is 12.8. The molecule has 7 nitrogen and oxygen atoms in total. The van der Waals surface area contributed by atoms with Gasteiger partial charge in [-0.3, -0.25) is 0 Å². The zero-order valence-corrected chi connectivity index (χ0v) is 18.3. The van der Waals surface area contributed by atoms with Gasteiger partial charge in [-0.15, -0.1) is 0 Å². The van der Waals surface area contributed by atoms with Crippen molar-refractivity contribution in [2.24, 2.45) is 0 Å². The van der Waals surface area contributed by atoms with Crippen molar-refractivity contribution in [1.29, 1.82) is 0 Å². The summed E-state index contributed by atoms with van der Waals surface area (Å²) in [5.74, 6) is -1.26. The Balaban J connectivity index is 1.79. The van der Waals surface area contributed by atoms with Gasteiger partial charge >= 0.3 is 11.9 Å². The number of anilines is 1. The van der Waals surface area contributed by atoms with Crippen molar-refractivity contribution < 1.29 is 23.8 Å². The van der Waals surface area contributed by atoms with Gasteiger partial charge in [0.25, 0.3) is 0 Å². The van der Waals surface area contributed by atoms with E-state index in [1.807, 2.05) is 48.5 Å². The van der Waals surface area contributed by atoms with Gasteiger partial charge in [-0.25, -0.2) is 9.59 Å². The summed E-state index contributed by atoms with van der Waals surface area (Å²) >= 11 is 0. The molecule has 1 aromatic heterocycles. The fourth-order valence-corrected chi connectivity index (χ4v) is 4.40. The standard InChI is InChI=1S/C26H22N2O5/c1-31-25(29)19-15-33-16-27(24(19)26(30)32-2)22-13-7-8-14-23(22)28-20-11-5-3-9-17(20)18-10-4-6-12-21(18)28/h3-14H,15-16H2,1-2H3. The molecule has 0 saturated heterocycles. The molecule has 0 aliphatic carbocycles. The Morgan fingerprint density at radius 2 is 1.30 bits per heavy atom. The Kier molecular flexibility index (Phi) is 5.32. The van der Waals surface area contributed by atoms with Crippen LogP contribution in [-0.2, 0) is 23.8 Å². The van der Waals surface area contributed by atoms with Crippen molar-refractivity contribution in [2.75, 3.05) is 32.5 Å². The lowest BCUT2D eigenvalue weighted by Crippen LogP contribution is -2.39. The maximum Gasteiger partial charge on any atom is 0.355 e. The van der Waals surface area contributed by atoms with Crippen LogP contribution >= 0.6 is 0 Å². The third-order valence-corrected chi connectivity index (χ3v) is 5.83. The van der Waals surface area contributed by atoms with Crippen LogP contribution in [0.4, 0.5) is 5.69 Å². The summed E-state index contributed by atoms with van der Waals surface area (Å²) in [6, 6.07) is 24.1. The molecule has 1 aliphatic heterocycles. The smallest absolute Gasteiger partial charge is 0.355 e. The van der Waals surface area contributed by atoms with Crippen molar-refractivity contribution in [2.45, 2.75) is 0 Å². The van der Waals surface area contributed by atoms with Gasteiger partial charge in [-0.1, -0.05) is 48.5 Å². The molecule has 166 valence electrons. The molecule has 0 saturated carbocycles. The molecule has 0 radical (unpaired) electrons. The number of carbonyl (C=O) groups excluding carboxylic acids is 2. The third-order valence-electron chi connectivity index (χ3n) is 5.83. The monoisotopic (exact) mass is 442 g/mol. The van der Waals surface area contributed by atoms with E-state index in [-0.39, 0.29) is 24.6 Å². The molecule has 0 amide bonds. The van der Waals surface area contributed by atoms with E-state index < -0.39 is 11.9 Å². The first-order valence-electron chi connectivity index (χ1n) is 10.5. The SMILES string of the molecule is COC(=O)C1=C(C(=O)OC)N(c2ccccc2-n2c3ccccc3c3ccccc32)COC1. The summed E-state index contributed by atoms with van der Waals surface area (Å²) in [6.45, 7) is 0.0459. The van der Waals surface area contributed by atoms with Crippen LogP contribution in [0.1, 0.15) is 0 Å². The molecule has 5 rings (SSSR count). The first kappa shape index (κ1) is 20.8. The predicted molar refractivity (Wildman–Crippen MR) is 125 cm³/mol. The Bertz CT molecular complexity index is 1370. The van der Waals surface area contributed by atoms with E-state index in [0.29, 0.717) is 5.69 Å². The maximum absolute atomic E-state index is 12.8. The highest BCUT2D eigenvalue weighted by Crippen LogP contribution is 2.37. The average molecular weight is 442 g/mol. The molecule has 0 unspecified atom stereocenters. The molecule has 2 heterocycles. The molecular weight excluding hydrogens is 420 g/mol. The topological polar surface area (TPSA) is 70.0 Å². The second-order valence-electron chi connectivity index (χ2n) is 7.57. The lowest BCUT2D eigenvalue weighted by Gasteiger charge is -2.32. The summed E-state index contributed by atoms with van der Waals surface area (Å²) in [7, 11) is 2.56. The van der Waals surface area contributed by atoms with Gasteiger partial charge in [-0.2, -0.15) is 0 Å². The minimum Gasteiger partial charge on any atom is -0.466 e. The van der Waals surface area contributed by atoms with Gasteiger partial charge in [0.05, 0.1) is 48.8 Å². The van der Waals surface area contributed by atoms with E-state index in [1.165, 1.54) is 14.2 Å². The highest BCUT2D eigenvalue weighted by Gasteiger charge is 2.33. The molecule has 0 bridgehead atoms. The van der Waals surface area contributed by atoms with Crippen LogP contribution in [0.5, 0.6) is 0 Å². The highest BCUT2D eigenvalue weighted by molar-refractivity contribution is 6.10. The van der Waals surface area contributed by atoms with Crippen LogP contribution in [0.3, 0.4) is 0 Å². The van der Waals surface area contributed by atoms with Crippen LogP contribution in [0.15, 0.2) is 84.1 Å². The zero-order valence-electron chi connectivity index (χ0n) is 18.3. The van der Waals surface area contributed by atoms with Gasteiger partial charge < -0.3 is 23.7 Å². The quantitative estimate of drug-likeness (QED) is 0.442. The fraction of sp³-hybridized carbons (Fsp3) is 0.154. The molecule has 3 aromatic carbocycles. The van der Waals surface area contributed by atoms with Crippen LogP contribution in [0.25, 0.3) is 27.5 Å². The molecule has 4 aromatic rings. The van der Waals surface area contributed by atoms with E-state index in [1.54, 1.807) is 4.90 Å². The number of ether oxygens (including phenoxy) is 3. The van der Waals surface area contributed by atoms with Crippen molar-refractivity contribution in [3.8, 4) is 5.69 Å². The van der Waals surface area contributed by atoms with E-state index in [9.17, 15) is 9.59 Å². The zero-order chi connectivity index (χ0) is 22.9. The minimum absolute atomic E-state index is 0.0366. The summed E-state index contributed by atoms with van der Waals surface area (Å²) < 4.78 is 17.8. The average Bonchev–Trinajstić information content (AvgIpc) is 3.21. The van der Waals surface area contributed by atoms with Gasteiger partial charge in [0.15, 0.2) is 0 Å². The molecular formula is C26H22N2O5. The number of esters is 2. The number of fused-ring (bicyclic) bond motifs is 3. The number of hydrogen-bond donors (Lipinski definition) is 0. The summed E-state index contributed by atoms with van der Waals surface area (Å²) in [4.78, 5) is 26.9. The normalized spacial score (nSPS) is 14.1. The van der Waals surface area contributed by atoms with Crippen LogP contribution in [0, 0.1) is 0 Å². The Hall–Kier alpha value is -4.10. The van der Waals surface area contributed by atoms with Gasteiger partial charge in [0.1, 0.15) is 12.4 Å². The van der Waals surface area contributed by atoms with E-state index >= 15 is 0 Å². The Morgan fingerprint density at radius 3 is 1.91 bits per heavy atom. The molecule has 0 atom stereocenters. The summed E-state index contributed by atoms with van der Waals surface area (Å²) in [5, 5.41) is 2.24. The van der Waals surface area contributed by atoms with Crippen molar-refractivity contribution in [3.05, 3.63) is 84.1 Å². The number of rotatable bonds is 4. The van der Waals surface area contributed by atoms with E-state index in [4.69, 9.17) is 14.2 Å². The minimum atomic E-state index is -0.630. The fourth-order valence-electron chi connectivity index (χ4n) is 4.40.